The second kappa shape index (κ2) is 35.2. The molecule has 11 unspecified atom stereocenters. The van der Waals surface area contributed by atoms with E-state index in [4.69, 9.17) is 9.47 Å². The molecule has 1 aliphatic carbocycles. The number of amides is 1. The molecule has 0 aromatic carbocycles. The average Bonchev–Trinajstić information content (AvgIpc) is 4.01. The van der Waals surface area contributed by atoms with Crippen LogP contribution in [0.15, 0.2) is 12.2 Å². The van der Waals surface area contributed by atoms with E-state index in [1.54, 1.807) is 0 Å². The molecule has 2 aliphatic rings. The maximum atomic E-state index is 13.1. The van der Waals surface area contributed by atoms with Crippen LogP contribution < -0.4 is 5.32 Å². The molecule has 1 saturated carbocycles. The molecule has 2 fully saturated rings. The summed E-state index contributed by atoms with van der Waals surface area (Å²) in [6.45, 7) is 3.44. The lowest BCUT2D eigenvalue weighted by molar-refractivity contribution is -0.303. The number of ether oxygens (including phenoxy) is 2. The highest BCUT2D eigenvalue weighted by Gasteiger charge is 2.44. The number of rotatable bonds is 40. The molecule has 11 nitrogen and oxygen atoms in total. The Labute approximate surface area is 365 Å². The summed E-state index contributed by atoms with van der Waals surface area (Å²) in [5.74, 6) is 1.10. The van der Waals surface area contributed by atoms with Gasteiger partial charge < -0.3 is 50.5 Å². The van der Waals surface area contributed by atoms with Crippen LogP contribution in [0.4, 0.5) is 0 Å². The summed E-state index contributed by atoms with van der Waals surface area (Å²) >= 11 is 0. The van der Waals surface area contributed by atoms with Gasteiger partial charge in [-0.1, -0.05) is 193 Å². The first kappa shape index (κ1) is 55.0. The summed E-state index contributed by atoms with van der Waals surface area (Å²) < 4.78 is 11.1. The smallest absolute Gasteiger partial charge is 0.249 e. The van der Waals surface area contributed by atoms with Gasteiger partial charge in [0.2, 0.25) is 5.91 Å². The van der Waals surface area contributed by atoms with Crippen LogP contribution in [0, 0.1) is 11.8 Å². The molecule has 354 valence electrons. The summed E-state index contributed by atoms with van der Waals surface area (Å²) in [5, 5.41) is 75.7. The van der Waals surface area contributed by atoms with Gasteiger partial charge in [0.1, 0.15) is 36.6 Å². The zero-order valence-electron chi connectivity index (χ0n) is 38.2. The highest BCUT2D eigenvalue weighted by molar-refractivity contribution is 5.80. The van der Waals surface area contributed by atoms with Crippen molar-refractivity contribution in [2.24, 2.45) is 11.8 Å². The van der Waals surface area contributed by atoms with E-state index in [9.17, 15) is 40.5 Å². The quantitative estimate of drug-likeness (QED) is 0.0220. The molecule has 8 N–H and O–H groups in total. The van der Waals surface area contributed by atoms with Crippen molar-refractivity contribution in [3.63, 3.8) is 0 Å². The van der Waals surface area contributed by atoms with Crippen LogP contribution in [-0.2, 0) is 14.3 Å². The molecule has 1 heterocycles. The van der Waals surface area contributed by atoms with E-state index in [0.29, 0.717) is 6.42 Å². The largest absolute Gasteiger partial charge is 0.394 e. The molecule has 0 spiro atoms. The number of nitrogens with one attached hydrogen (secondary N) is 1. The SMILES string of the molecule is CCCCCCCCCCCCCCCCCCCCCCCC(O)C(=O)NC(COC1OC(CO)C(O)C(O)C1O)C(O)C(O)CC=CCCCCC1CC1CCCC. The third kappa shape index (κ3) is 24.6. The van der Waals surface area contributed by atoms with Crippen molar-refractivity contribution in [3.05, 3.63) is 12.2 Å². The van der Waals surface area contributed by atoms with Crippen molar-refractivity contribution < 1.29 is 50.0 Å². The van der Waals surface area contributed by atoms with Crippen LogP contribution in [0.1, 0.15) is 213 Å². The Morgan fingerprint density at radius 3 is 1.67 bits per heavy atom. The molecule has 0 bridgehead atoms. The van der Waals surface area contributed by atoms with Crippen LogP contribution in [-0.4, -0.2) is 110 Å². The van der Waals surface area contributed by atoms with Gasteiger partial charge in [-0.2, -0.15) is 0 Å². The van der Waals surface area contributed by atoms with E-state index in [1.807, 2.05) is 12.2 Å². The van der Waals surface area contributed by atoms with Gasteiger partial charge >= 0.3 is 0 Å². The van der Waals surface area contributed by atoms with Gasteiger partial charge in [0.05, 0.1) is 25.4 Å². The maximum Gasteiger partial charge on any atom is 0.249 e. The average molecular weight is 856 g/mol. The summed E-state index contributed by atoms with van der Waals surface area (Å²) in [6, 6.07) is -1.19. The number of allylic oxidation sites excluding steroid dienone is 1. The van der Waals surface area contributed by atoms with Crippen LogP contribution >= 0.6 is 0 Å². The number of aliphatic hydroxyl groups is 7. The Kier molecular flexibility index (Phi) is 32.3. The van der Waals surface area contributed by atoms with Gasteiger partial charge in [-0.05, 0) is 43.9 Å². The third-order valence-electron chi connectivity index (χ3n) is 13.0. The first-order valence-electron chi connectivity index (χ1n) is 25.1. The number of unbranched alkanes of at least 4 members (excludes halogenated alkanes) is 23. The van der Waals surface area contributed by atoms with E-state index in [-0.39, 0.29) is 12.8 Å². The molecule has 1 saturated heterocycles. The molecule has 2 rings (SSSR count). The zero-order valence-corrected chi connectivity index (χ0v) is 38.2. The van der Waals surface area contributed by atoms with Crippen LogP contribution in [0.3, 0.4) is 0 Å². The molecular formula is C49H93NO10. The van der Waals surface area contributed by atoms with Crippen molar-refractivity contribution in [2.75, 3.05) is 13.2 Å². The predicted octanol–water partition coefficient (Wildman–Crippen LogP) is 8.31. The summed E-state index contributed by atoms with van der Waals surface area (Å²) in [7, 11) is 0. The second-order valence-electron chi connectivity index (χ2n) is 18.5. The number of hydrogen-bond donors (Lipinski definition) is 8. The fourth-order valence-corrected chi connectivity index (χ4v) is 8.72. The van der Waals surface area contributed by atoms with Gasteiger partial charge in [0.25, 0.3) is 0 Å². The van der Waals surface area contributed by atoms with E-state index < -0.39 is 74.2 Å². The van der Waals surface area contributed by atoms with Crippen molar-refractivity contribution in [2.45, 2.75) is 268 Å². The molecule has 1 aliphatic heterocycles. The molecule has 1 amide bonds. The minimum atomic E-state index is -1.67. The van der Waals surface area contributed by atoms with Gasteiger partial charge in [-0.3, -0.25) is 4.79 Å². The first-order valence-corrected chi connectivity index (χ1v) is 25.1. The summed E-state index contributed by atoms with van der Waals surface area (Å²) in [5.41, 5.74) is 0. The zero-order chi connectivity index (χ0) is 43.8. The maximum absolute atomic E-state index is 13.1. The lowest BCUT2D eigenvalue weighted by atomic mass is 9.99. The minimum Gasteiger partial charge on any atom is -0.394 e. The summed E-state index contributed by atoms with van der Waals surface area (Å²) in [6.07, 6.45) is 29.1. The molecule has 0 aromatic heterocycles. The number of hydrogen-bond acceptors (Lipinski definition) is 10. The Balaban J connectivity index is 1.64. The van der Waals surface area contributed by atoms with Gasteiger partial charge in [0.15, 0.2) is 6.29 Å². The molecule has 0 aromatic rings. The van der Waals surface area contributed by atoms with Gasteiger partial charge in [-0.15, -0.1) is 0 Å². The fraction of sp³-hybridized carbons (Fsp3) is 0.939. The van der Waals surface area contributed by atoms with E-state index >= 15 is 0 Å². The predicted molar refractivity (Wildman–Crippen MR) is 240 cm³/mol. The third-order valence-corrected chi connectivity index (χ3v) is 13.0. The molecule has 11 heteroatoms. The summed E-state index contributed by atoms with van der Waals surface area (Å²) in [4.78, 5) is 13.1. The second-order valence-corrected chi connectivity index (χ2v) is 18.5. The molecule has 0 radical (unpaired) electrons. The molecule has 11 atom stereocenters. The monoisotopic (exact) mass is 856 g/mol. The Morgan fingerprint density at radius 2 is 1.15 bits per heavy atom. The van der Waals surface area contributed by atoms with E-state index in [0.717, 1.165) is 43.9 Å². The molecular weight excluding hydrogens is 763 g/mol. The van der Waals surface area contributed by atoms with Crippen molar-refractivity contribution in [1.29, 1.82) is 0 Å². The van der Waals surface area contributed by atoms with Crippen LogP contribution in [0.25, 0.3) is 0 Å². The Morgan fingerprint density at radius 1 is 0.650 bits per heavy atom. The lowest BCUT2D eigenvalue weighted by Gasteiger charge is -2.40. The van der Waals surface area contributed by atoms with Gasteiger partial charge in [-0.25, -0.2) is 0 Å². The highest BCUT2D eigenvalue weighted by Crippen LogP contribution is 2.45. The lowest BCUT2D eigenvalue weighted by Crippen LogP contribution is -2.60. The van der Waals surface area contributed by atoms with Gasteiger partial charge in [0, 0.05) is 0 Å². The van der Waals surface area contributed by atoms with E-state index in [2.05, 4.69) is 19.2 Å². The standard InChI is InChI=1S/C49H93NO10/c1-3-5-7-8-9-10-11-12-13-14-15-16-17-18-19-20-21-22-23-26-30-34-42(53)48(58)50-40(37-59-49-47(57)46(56)45(55)43(36-51)60-49)44(54)41(52)33-29-27-24-25-28-32-39-35-38(39)31-6-4-2/h27,29,38-47,49,51-57H,3-26,28,30-37H2,1-2H3,(H,50,58). The first-order chi connectivity index (χ1) is 29.1. The molecule has 60 heavy (non-hydrogen) atoms. The highest BCUT2D eigenvalue weighted by atomic mass is 16.7. The van der Waals surface area contributed by atoms with Crippen molar-refractivity contribution in [1.82, 2.24) is 5.32 Å². The minimum absolute atomic E-state index is 0.136. The van der Waals surface area contributed by atoms with Crippen molar-refractivity contribution >= 4 is 5.91 Å². The number of carbonyl (C=O) groups is 1. The number of aliphatic hydroxyl groups excluding tert-OH is 7. The Hall–Kier alpha value is -1.15. The van der Waals surface area contributed by atoms with Crippen molar-refractivity contribution in [3.8, 4) is 0 Å². The van der Waals surface area contributed by atoms with Crippen LogP contribution in [0.2, 0.25) is 0 Å². The van der Waals surface area contributed by atoms with E-state index in [1.165, 1.54) is 148 Å². The topological polar surface area (TPSA) is 189 Å². The Bertz CT molecular complexity index is 1050. The normalized spacial score (nSPS) is 25.1. The number of carbonyl (C=O) groups excluding carboxylic acids is 1. The van der Waals surface area contributed by atoms with Crippen LogP contribution in [0.5, 0.6) is 0 Å². The fourth-order valence-electron chi connectivity index (χ4n) is 8.72.